The van der Waals surface area contributed by atoms with Gasteiger partial charge in [-0.1, -0.05) is 59.1 Å². The van der Waals surface area contributed by atoms with Gasteiger partial charge in [0, 0.05) is 11.6 Å². The van der Waals surface area contributed by atoms with E-state index < -0.39 is 27.9 Å². The predicted molar refractivity (Wildman–Crippen MR) is 132 cm³/mol. The van der Waals surface area contributed by atoms with Crippen LogP contribution in [0.15, 0.2) is 77.7 Å². The van der Waals surface area contributed by atoms with Crippen molar-refractivity contribution in [1.82, 2.24) is 4.31 Å². The first-order valence-corrected chi connectivity index (χ1v) is 12.7. The number of benzene rings is 3. The Kier molecular flexibility index (Phi) is 6.89. The number of amides is 2. The van der Waals surface area contributed by atoms with Gasteiger partial charge in [0.25, 0.3) is 5.91 Å². The second-order valence-corrected chi connectivity index (χ2v) is 10.8. The lowest BCUT2D eigenvalue weighted by molar-refractivity contribution is -0.122. The van der Waals surface area contributed by atoms with Crippen molar-refractivity contribution in [3.63, 3.8) is 0 Å². The third-order valence-electron chi connectivity index (χ3n) is 5.90. The minimum Gasteiger partial charge on any atom is -0.274 e. The van der Waals surface area contributed by atoms with Gasteiger partial charge in [-0.15, -0.1) is 0 Å². The van der Waals surface area contributed by atoms with Gasteiger partial charge in [0.05, 0.1) is 17.0 Å². The zero-order chi connectivity index (χ0) is 24.5. The van der Waals surface area contributed by atoms with Gasteiger partial charge < -0.3 is 0 Å². The van der Waals surface area contributed by atoms with Crippen LogP contribution in [0.2, 0.25) is 5.02 Å². The van der Waals surface area contributed by atoms with Gasteiger partial charge in [0.2, 0.25) is 15.9 Å². The van der Waals surface area contributed by atoms with Gasteiger partial charge in [-0.05, 0) is 62.2 Å². The first-order valence-electron chi connectivity index (χ1n) is 10.9. The molecule has 0 N–H and O–H groups in total. The van der Waals surface area contributed by atoms with Gasteiger partial charge in [0.1, 0.15) is 6.04 Å². The Balaban J connectivity index is 1.69. The van der Waals surface area contributed by atoms with Crippen LogP contribution in [-0.2, 0) is 26.0 Å². The Morgan fingerprint density at radius 2 is 1.56 bits per heavy atom. The van der Waals surface area contributed by atoms with Gasteiger partial charge in [-0.2, -0.15) is 4.31 Å². The van der Waals surface area contributed by atoms with Crippen molar-refractivity contribution in [3.05, 3.63) is 94.5 Å². The van der Waals surface area contributed by atoms with Crippen molar-refractivity contribution >= 4 is 39.1 Å². The van der Waals surface area contributed by atoms with E-state index in [2.05, 4.69) is 0 Å². The molecule has 6 nitrogen and oxygen atoms in total. The summed E-state index contributed by atoms with van der Waals surface area (Å²) < 4.78 is 28.5. The number of anilines is 1. The van der Waals surface area contributed by atoms with Crippen LogP contribution in [0.1, 0.15) is 23.1 Å². The van der Waals surface area contributed by atoms with Crippen molar-refractivity contribution in [2.45, 2.75) is 37.6 Å². The summed E-state index contributed by atoms with van der Waals surface area (Å²) in [5.74, 6) is -0.971. The molecule has 1 saturated heterocycles. The molecule has 0 aromatic heterocycles. The Labute approximate surface area is 204 Å². The molecule has 1 fully saturated rings. The molecule has 4 rings (SSSR count). The number of rotatable bonds is 7. The molecular weight excluding hydrogens is 472 g/mol. The number of halogens is 1. The van der Waals surface area contributed by atoms with E-state index >= 15 is 0 Å². The van der Waals surface area contributed by atoms with Crippen LogP contribution >= 0.6 is 11.6 Å². The number of sulfonamides is 1. The Hall–Kier alpha value is -3.00. The summed E-state index contributed by atoms with van der Waals surface area (Å²) >= 11 is 6.09. The fraction of sp³-hybridized carbons (Fsp3) is 0.231. The molecule has 0 aliphatic carbocycles. The lowest BCUT2D eigenvalue weighted by Crippen LogP contribution is -2.46. The summed E-state index contributed by atoms with van der Waals surface area (Å²) in [5, 5.41) is 0.545. The Morgan fingerprint density at radius 3 is 2.18 bits per heavy atom. The molecular formula is C26H25ClN2O4S. The van der Waals surface area contributed by atoms with Crippen molar-refractivity contribution in [2.75, 3.05) is 11.4 Å². The molecule has 1 aliphatic heterocycles. The number of nitrogens with zero attached hydrogens (tertiary/aromatic N) is 2. The van der Waals surface area contributed by atoms with Crippen molar-refractivity contribution in [2.24, 2.45) is 0 Å². The average Bonchev–Trinajstić information content (AvgIpc) is 3.08. The highest BCUT2D eigenvalue weighted by Gasteiger charge is 2.46. The summed E-state index contributed by atoms with van der Waals surface area (Å²) in [6.45, 7) is 3.81. The maximum Gasteiger partial charge on any atom is 0.252 e. The lowest BCUT2D eigenvalue weighted by Gasteiger charge is -2.27. The third kappa shape index (κ3) is 4.92. The summed E-state index contributed by atoms with van der Waals surface area (Å²) in [6.07, 6.45) is 0.126. The average molecular weight is 497 g/mol. The highest BCUT2D eigenvalue weighted by molar-refractivity contribution is 7.89. The lowest BCUT2D eigenvalue weighted by atomic mass is 10.1. The van der Waals surface area contributed by atoms with Gasteiger partial charge in [0.15, 0.2) is 0 Å². The Morgan fingerprint density at radius 1 is 0.941 bits per heavy atom. The van der Waals surface area contributed by atoms with Crippen LogP contribution < -0.4 is 4.90 Å². The molecule has 0 spiro atoms. The van der Waals surface area contributed by atoms with Gasteiger partial charge >= 0.3 is 0 Å². The minimum absolute atomic E-state index is 0.0297. The number of hydrogen-bond acceptors (Lipinski definition) is 4. The standard InChI is InChI=1S/C26H25ClN2O4S/c1-18-6-10-22(11-7-18)29-25(30)17-24(26(29)31)28(15-14-20-4-3-5-21(27)16-20)34(32,33)23-12-8-19(2)9-13-23/h3-13,16,24H,14-15,17H2,1-2H3. The number of imide groups is 1. The van der Waals surface area contributed by atoms with E-state index in [9.17, 15) is 18.0 Å². The smallest absolute Gasteiger partial charge is 0.252 e. The normalized spacial score (nSPS) is 16.5. The molecule has 2 amide bonds. The number of carbonyl (C=O) groups is 2. The van der Waals surface area contributed by atoms with Crippen molar-refractivity contribution in [1.29, 1.82) is 0 Å². The fourth-order valence-corrected chi connectivity index (χ4v) is 5.82. The topological polar surface area (TPSA) is 74.8 Å². The van der Waals surface area contributed by atoms with E-state index in [4.69, 9.17) is 11.6 Å². The van der Waals surface area contributed by atoms with Crippen molar-refractivity contribution < 1.29 is 18.0 Å². The van der Waals surface area contributed by atoms with E-state index in [0.717, 1.165) is 25.9 Å². The van der Waals surface area contributed by atoms with Crippen LogP contribution in [-0.4, -0.2) is 37.1 Å². The molecule has 1 heterocycles. The van der Waals surface area contributed by atoms with E-state index in [1.54, 1.807) is 42.5 Å². The van der Waals surface area contributed by atoms with Gasteiger partial charge in [-0.3, -0.25) is 9.59 Å². The molecule has 1 atom stereocenters. The third-order valence-corrected chi connectivity index (χ3v) is 8.06. The Bertz CT molecular complexity index is 1320. The first-order chi connectivity index (χ1) is 16.2. The summed E-state index contributed by atoms with van der Waals surface area (Å²) in [4.78, 5) is 27.5. The van der Waals surface area contributed by atoms with Crippen LogP contribution in [0, 0.1) is 13.8 Å². The molecule has 8 heteroatoms. The molecule has 0 radical (unpaired) electrons. The highest BCUT2D eigenvalue weighted by Crippen LogP contribution is 2.30. The number of aryl methyl sites for hydroxylation is 2. The highest BCUT2D eigenvalue weighted by atomic mass is 35.5. The van der Waals surface area contributed by atoms with Crippen LogP contribution in [0.5, 0.6) is 0 Å². The first kappa shape index (κ1) is 24.1. The predicted octanol–water partition coefficient (Wildman–Crippen LogP) is 4.52. The summed E-state index contributed by atoms with van der Waals surface area (Å²) in [6, 6.07) is 19.5. The van der Waals surface area contributed by atoms with Crippen molar-refractivity contribution in [3.8, 4) is 0 Å². The maximum absolute atomic E-state index is 13.7. The summed E-state index contributed by atoms with van der Waals surface area (Å²) in [7, 11) is -4.05. The zero-order valence-electron chi connectivity index (χ0n) is 18.9. The number of carbonyl (C=O) groups excluding carboxylic acids is 2. The molecule has 34 heavy (non-hydrogen) atoms. The van der Waals surface area contributed by atoms with E-state index in [1.807, 2.05) is 32.0 Å². The van der Waals surface area contributed by atoms with Crippen LogP contribution in [0.3, 0.4) is 0 Å². The van der Waals surface area contributed by atoms with E-state index in [1.165, 1.54) is 12.1 Å². The molecule has 1 aliphatic rings. The molecule has 0 bridgehead atoms. The number of hydrogen-bond donors (Lipinski definition) is 0. The van der Waals surface area contributed by atoms with Crippen LogP contribution in [0.4, 0.5) is 5.69 Å². The fourth-order valence-electron chi connectivity index (χ4n) is 4.03. The monoisotopic (exact) mass is 496 g/mol. The zero-order valence-corrected chi connectivity index (χ0v) is 20.5. The molecule has 3 aromatic rings. The quantitative estimate of drug-likeness (QED) is 0.451. The minimum atomic E-state index is -4.05. The molecule has 176 valence electrons. The summed E-state index contributed by atoms with van der Waals surface area (Å²) in [5.41, 5.74) is 3.18. The second-order valence-electron chi connectivity index (χ2n) is 8.43. The SMILES string of the molecule is Cc1ccc(N2C(=O)CC(N(CCc3cccc(Cl)c3)S(=O)(=O)c3ccc(C)cc3)C2=O)cc1. The van der Waals surface area contributed by atoms with Crippen LogP contribution in [0.25, 0.3) is 0 Å². The largest absolute Gasteiger partial charge is 0.274 e. The molecule has 0 saturated carbocycles. The van der Waals surface area contributed by atoms with E-state index in [-0.39, 0.29) is 17.9 Å². The van der Waals surface area contributed by atoms with Gasteiger partial charge in [-0.25, -0.2) is 13.3 Å². The maximum atomic E-state index is 13.7. The van der Waals surface area contributed by atoms with E-state index in [0.29, 0.717) is 17.1 Å². The second kappa shape index (κ2) is 9.70. The molecule has 3 aromatic carbocycles. The molecule has 1 unspecified atom stereocenters.